The number of hydrogen-bond donors (Lipinski definition) is 1. The predicted octanol–water partition coefficient (Wildman–Crippen LogP) is 4.65. The van der Waals surface area contributed by atoms with Crippen LogP contribution in [-0.4, -0.2) is 5.75 Å². The van der Waals surface area contributed by atoms with Crippen LogP contribution < -0.4 is 5.32 Å². The number of aryl methyl sites for hydroxylation is 1. The Morgan fingerprint density at radius 2 is 1.89 bits per heavy atom. The molecule has 0 spiro atoms. The molecular formula is C17H19NS. The van der Waals surface area contributed by atoms with Crippen LogP contribution in [0, 0.1) is 0 Å². The highest BCUT2D eigenvalue weighted by Crippen LogP contribution is 2.33. The molecule has 0 bridgehead atoms. The summed E-state index contributed by atoms with van der Waals surface area (Å²) in [7, 11) is 0. The second-order valence-electron chi connectivity index (χ2n) is 4.96. The van der Waals surface area contributed by atoms with Gasteiger partial charge in [0.15, 0.2) is 0 Å². The minimum atomic E-state index is 0.433. The van der Waals surface area contributed by atoms with Gasteiger partial charge in [-0.05, 0) is 35.2 Å². The zero-order valence-electron chi connectivity index (χ0n) is 11.2. The molecule has 0 aromatic heterocycles. The number of hydrogen-bond acceptors (Lipinski definition) is 2. The molecule has 1 atom stereocenters. The Hall–Kier alpha value is -1.41. The third-order valence-corrected chi connectivity index (χ3v) is 4.76. The minimum Gasteiger partial charge on any atom is -0.377 e. The van der Waals surface area contributed by atoms with Crippen LogP contribution in [0.25, 0.3) is 0 Å². The third kappa shape index (κ3) is 2.79. The number of anilines is 1. The van der Waals surface area contributed by atoms with Crippen LogP contribution in [0.4, 0.5) is 5.69 Å². The van der Waals surface area contributed by atoms with Crippen molar-refractivity contribution in [3.05, 3.63) is 65.2 Å². The van der Waals surface area contributed by atoms with E-state index in [4.69, 9.17) is 0 Å². The first-order valence-electron chi connectivity index (χ1n) is 6.88. The average molecular weight is 269 g/mol. The zero-order chi connectivity index (χ0) is 13.1. The molecule has 1 nitrogen and oxygen atoms in total. The molecule has 1 unspecified atom stereocenters. The van der Waals surface area contributed by atoms with E-state index in [0.29, 0.717) is 6.04 Å². The van der Waals surface area contributed by atoms with Crippen molar-refractivity contribution in [2.24, 2.45) is 0 Å². The normalized spacial score (nSPS) is 17.8. The summed E-state index contributed by atoms with van der Waals surface area (Å²) in [6.45, 7) is 2.19. The van der Waals surface area contributed by atoms with Crippen molar-refractivity contribution in [2.45, 2.75) is 25.1 Å². The molecule has 1 aliphatic rings. The number of rotatable bonds is 3. The van der Waals surface area contributed by atoms with E-state index >= 15 is 0 Å². The van der Waals surface area contributed by atoms with Crippen LogP contribution in [0.15, 0.2) is 48.5 Å². The van der Waals surface area contributed by atoms with E-state index in [1.807, 2.05) is 11.8 Å². The third-order valence-electron chi connectivity index (χ3n) is 3.68. The van der Waals surface area contributed by atoms with Crippen molar-refractivity contribution in [3.63, 3.8) is 0 Å². The van der Waals surface area contributed by atoms with Gasteiger partial charge in [-0.3, -0.25) is 0 Å². The van der Waals surface area contributed by atoms with Crippen LogP contribution in [-0.2, 0) is 12.2 Å². The Kier molecular flexibility index (Phi) is 3.79. The second kappa shape index (κ2) is 5.70. The van der Waals surface area contributed by atoms with Gasteiger partial charge >= 0.3 is 0 Å². The summed E-state index contributed by atoms with van der Waals surface area (Å²) in [5.74, 6) is 2.29. The van der Waals surface area contributed by atoms with Gasteiger partial charge in [0.1, 0.15) is 0 Å². The van der Waals surface area contributed by atoms with Gasteiger partial charge < -0.3 is 5.32 Å². The molecule has 2 aromatic carbocycles. The monoisotopic (exact) mass is 269 g/mol. The first kappa shape index (κ1) is 12.6. The fraction of sp³-hybridized carbons (Fsp3) is 0.294. The van der Waals surface area contributed by atoms with Crippen LogP contribution in [0.3, 0.4) is 0 Å². The van der Waals surface area contributed by atoms with E-state index in [9.17, 15) is 0 Å². The zero-order valence-corrected chi connectivity index (χ0v) is 12.0. The highest BCUT2D eigenvalue weighted by atomic mass is 32.2. The lowest BCUT2D eigenvalue weighted by atomic mass is 10.0. The van der Waals surface area contributed by atoms with Crippen LogP contribution in [0.1, 0.15) is 29.7 Å². The highest BCUT2D eigenvalue weighted by Gasteiger charge is 2.19. The number of thioether (sulfide) groups is 1. The van der Waals surface area contributed by atoms with Crippen molar-refractivity contribution < 1.29 is 0 Å². The van der Waals surface area contributed by atoms with Crippen molar-refractivity contribution in [2.75, 3.05) is 11.1 Å². The lowest BCUT2D eigenvalue weighted by Gasteiger charge is -2.27. The number of benzene rings is 2. The van der Waals surface area contributed by atoms with Gasteiger partial charge in [-0.1, -0.05) is 43.3 Å². The van der Waals surface area contributed by atoms with E-state index in [-0.39, 0.29) is 0 Å². The van der Waals surface area contributed by atoms with Crippen molar-refractivity contribution in [1.82, 2.24) is 0 Å². The lowest BCUT2D eigenvalue weighted by Crippen LogP contribution is -2.18. The van der Waals surface area contributed by atoms with Crippen molar-refractivity contribution in [3.8, 4) is 0 Å². The van der Waals surface area contributed by atoms with E-state index < -0.39 is 0 Å². The summed E-state index contributed by atoms with van der Waals surface area (Å²) in [5, 5.41) is 3.67. The molecule has 3 rings (SSSR count). The van der Waals surface area contributed by atoms with Gasteiger partial charge in [0.05, 0.1) is 6.04 Å². The van der Waals surface area contributed by atoms with Gasteiger partial charge in [0.2, 0.25) is 0 Å². The first-order chi connectivity index (χ1) is 9.36. The molecule has 2 aromatic rings. The average Bonchev–Trinajstić information content (AvgIpc) is 2.48. The molecule has 0 fully saturated rings. The molecule has 2 heteroatoms. The molecule has 1 aliphatic heterocycles. The van der Waals surface area contributed by atoms with Crippen LogP contribution >= 0.6 is 11.8 Å². The van der Waals surface area contributed by atoms with E-state index in [1.54, 1.807) is 0 Å². The first-order valence-corrected chi connectivity index (χ1v) is 8.03. The summed E-state index contributed by atoms with van der Waals surface area (Å²) >= 11 is 2.01. The molecule has 0 saturated carbocycles. The molecule has 19 heavy (non-hydrogen) atoms. The molecule has 0 aliphatic carbocycles. The molecule has 1 heterocycles. The Morgan fingerprint density at radius 3 is 2.68 bits per heavy atom. The molecular weight excluding hydrogens is 250 g/mol. The predicted molar refractivity (Wildman–Crippen MR) is 84.8 cm³/mol. The van der Waals surface area contributed by atoms with Crippen molar-refractivity contribution >= 4 is 17.4 Å². The Bertz CT molecular complexity index is 547. The smallest absolute Gasteiger partial charge is 0.0607 e. The number of fused-ring (bicyclic) bond motifs is 1. The van der Waals surface area contributed by atoms with Gasteiger partial charge in [-0.25, -0.2) is 0 Å². The number of nitrogens with one attached hydrogen (secondary N) is 1. The maximum absolute atomic E-state index is 3.67. The SMILES string of the molecule is CCc1ccc(NC2CSCc3ccccc32)cc1. The van der Waals surface area contributed by atoms with E-state index in [2.05, 4.69) is 60.8 Å². The van der Waals surface area contributed by atoms with E-state index in [0.717, 1.165) is 17.9 Å². The fourth-order valence-corrected chi connectivity index (χ4v) is 3.64. The van der Waals surface area contributed by atoms with Gasteiger partial charge in [0, 0.05) is 17.2 Å². The summed E-state index contributed by atoms with van der Waals surface area (Å²) in [5.41, 5.74) is 5.55. The fourth-order valence-electron chi connectivity index (χ4n) is 2.54. The largest absolute Gasteiger partial charge is 0.377 e. The van der Waals surface area contributed by atoms with Crippen molar-refractivity contribution in [1.29, 1.82) is 0 Å². The molecule has 0 amide bonds. The lowest BCUT2D eigenvalue weighted by molar-refractivity contribution is 0.871. The molecule has 98 valence electrons. The second-order valence-corrected chi connectivity index (χ2v) is 5.99. The van der Waals surface area contributed by atoms with Gasteiger partial charge in [0.25, 0.3) is 0 Å². The van der Waals surface area contributed by atoms with Gasteiger partial charge in [-0.2, -0.15) is 11.8 Å². The maximum Gasteiger partial charge on any atom is 0.0607 e. The summed E-state index contributed by atoms with van der Waals surface area (Å²) in [4.78, 5) is 0. The highest BCUT2D eigenvalue weighted by molar-refractivity contribution is 7.98. The molecule has 0 saturated heterocycles. The van der Waals surface area contributed by atoms with Crippen LogP contribution in [0.2, 0.25) is 0 Å². The minimum absolute atomic E-state index is 0.433. The topological polar surface area (TPSA) is 12.0 Å². The summed E-state index contributed by atoms with van der Waals surface area (Å²) in [6, 6.07) is 18.0. The summed E-state index contributed by atoms with van der Waals surface area (Å²) < 4.78 is 0. The molecule has 1 N–H and O–H groups in total. The van der Waals surface area contributed by atoms with Gasteiger partial charge in [-0.15, -0.1) is 0 Å². The Balaban J connectivity index is 1.80. The Morgan fingerprint density at radius 1 is 1.11 bits per heavy atom. The van der Waals surface area contributed by atoms with E-state index in [1.165, 1.54) is 22.4 Å². The molecule has 0 radical (unpaired) electrons. The standard InChI is InChI=1S/C17H19NS/c1-2-13-7-9-15(10-8-13)18-17-12-19-11-14-5-3-4-6-16(14)17/h3-10,17-18H,2,11-12H2,1H3. The summed E-state index contributed by atoms with van der Waals surface area (Å²) in [6.07, 6.45) is 1.10. The maximum atomic E-state index is 3.67. The Labute approximate surface area is 119 Å². The van der Waals surface area contributed by atoms with Crippen LogP contribution in [0.5, 0.6) is 0 Å². The quantitative estimate of drug-likeness (QED) is 0.870.